The Morgan fingerprint density at radius 2 is 1.88 bits per heavy atom. The van der Waals surface area contributed by atoms with Crippen LogP contribution in [0.1, 0.15) is 10.4 Å². The van der Waals surface area contributed by atoms with Crippen LogP contribution in [0.5, 0.6) is 0 Å². The molecule has 80 valence electrons. The number of carbonyl (C=O) groups excluding carboxylic acids is 1. The summed E-state index contributed by atoms with van der Waals surface area (Å²) < 4.78 is 12.7. The largest absolute Gasteiger partial charge is 0.368 e. The number of halogens is 1. The summed E-state index contributed by atoms with van der Waals surface area (Å²) in [6.45, 7) is 0. The minimum atomic E-state index is -0.344. The molecule has 2 nitrogen and oxygen atoms in total. The topological polar surface area (TPSA) is 29.1 Å². The third-order valence-corrected chi connectivity index (χ3v) is 2.20. The van der Waals surface area contributed by atoms with Gasteiger partial charge in [0.05, 0.1) is 0 Å². The van der Waals surface area contributed by atoms with E-state index in [4.69, 9.17) is 0 Å². The van der Waals surface area contributed by atoms with E-state index in [1.807, 2.05) is 0 Å². The predicted octanol–water partition coefficient (Wildman–Crippen LogP) is 2.57. The summed E-state index contributed by atoms with van der Waals surface area (Å²) in [7, 11) is 0. The van der Waals surface area contributed by atoms with E-state index in [0.29, 0.717) is 11.1 Å². The van der Waals surface area contributed by atoms with Gasteiger partial charge in [0, 0.05) is 23.5 Å². The number of Topliss-reactive ketones (excluding diaryl/α,β-unsaturated/α-hetero) is 1. The van der Waals surface area contributed by atoms with Gasteiger partial charge in [-0.3, -0.25) is 4.79 Å². The molecule has 0 amide bonds. The molecule has 1 aromatic carbocycles. The number of ketones is 1. The monoisotopic (exact) mass is 215 g/mol. The van der Waals surface area contributed by atoms with Crippen LogP contribution < -0.4 is 5.32 Å². The molecule has 2 rings (SSSR count). The molecule has 0 fully saturated rings. The van der Waals surface area contributed by atoms with E-state index in [0.717, 1.165) is 0 Å². The van der Waals surface area contributed by atoms with Crippen molar-refractivity contribution in [2.24, 2.45) is 0 Å². The maximum absolute atomic E-state index is 12.7. The molecule has 0 unspecified atom stereocenters. The van der Waals surface area contributed by atoms with Gasteiger partial charge in [-0.15, -0.1) is 0 Å². The number of hydrogen-bond donors (Lipinski definition) is 1. The summed E-state index contributed by atoms with van der Waals surface area (Å²) in [4.78, 5) is 12.0. The van der Waals surface area contributed by atoms with Crippen molar-refractivity contribution in [3.8, 4) is 0 Å². The normalized spacial score (nSPS) is 13.9. The quantitative estimate of drug-likeness (QED) is 0.768. The molecule has 1 heterocycles. The highest BCUT2D eigenvalue weighted by Gasteiger charge is 2.09. The van der Waals surface area contributed by atoms with E-state index < -0.39 is 0 Å². The molecular formula is C13H10FNO. The first-order valence-corrected chi connectivity index (χ1v) is 4.87. The summed E-state index contributed by atoms with van der Waals surface area (Å²) in [5.41, 5.74) is 1.04. The fourth-order valence-electron chi connectivity index (χ4n) is 1.38. The summed E-state index contributed by atoms with van der Waals surface area (Å²) >= 11 is 0. The highest BCUT2D eigenvalue weighted by atomic mass is 19.1. The zero-order valence-electron chi connectivity index (χ0n) is 8.48. The van der Waals surface area contributed by atoms with E-state index in [1.165, 1.54) is 24.3 Å². The molecule has 16 heavy (non-hydrogen) atoms. The van der Waals surface area contributed by atoms with Crippen molar-refractivity contribution >= 4 is 5.78 Å². The average Bonchev–Trinajstić information content (AvgIpc) is 2.57. The van der Waals surface area contributed by atoms with Gasteiger partial charge in [-0.25, -0.2) is 4.39 Å². The maximum atomic E-state index is 12.7. The lowest BCUT2D eigenvalue weighted by atomic mass is 10.0. The number of allylic oxidation sites excluding steroid dienone is 4. The van der Waals surface area contributed by atoms with Gasteiger partial charge in [0.1, 0.15) is 5.82 Å². The Labute approximate surface area is 92.8 Å². The minimum Gasteiger partial charge on any atom is -0.368 e. The van der Waals surface area contributed by atoms with Crippen molar-refractivity contribution in [2.75, 3.05) is 0 Å². The molecule has 1 aliphatic rings. The first kappa shape index (κ1) is 10.4. The average molecular weight is 215 g/mol. The van der Waals surface area contributed by atoms with E-state index in [1.54, 1.807) is 30.6 Å². The van der Waals surface area contributed by atoms with Crippen LogP contribution in [0.2, 0.25) is 0 Å². The van der Waals surface area contributed by atoms with Crippen LogP contribution in [0, 0.1) is 5.82 Å². The molecule has 0 aliphatic carbocycles. The van der Waals surface area contributed by atoms with Gasteiger partial charge in [-0.1, -0.05) is 0 Å². The standard InChI is InChI=1S/C13H10FNO/c14-12-5-3-11(4-6-12)13(16)10-2-1-8-15-9-7-10/h1-9,15H. The second-order valence-corrected chi connectivity index (χ2v) is 3.32. The SMILES string of the molecule is O=C(C1=CC=CNC=C1)c1ccc(F)cc1. The molecule has 1 aliphatic heterocycles. The summed E-state index contributed by atoms with van der Waals surface area (Å²) in [6.07, 6.45) is 8.54. The zero-order chi connectivity index (χ0) is 11.4. The molecule has 0 bridgehead atoms. The van der Waals surface area contributed by atoms with Crippen molar-refractivity contribution in [2.45, 2.75) is 0 Å². The smallest absolute Gasteiger partial charge is 0.193 e. The van der Waals surface area contributed by atoms with Crippen molar-refractivity contribution in [3.05, 3.63) is 71.8 Å². The zero-order valence-corrected chi connectivity index (χ0v) is 8.48. The second kappa shape index (κ2) is 4.57. The summed E-state index contributed by atoms with van der Waals surface area (Å²) in [5, 5.41) is 2.87. The molecule has 0 atom stereocenters. The highest BCUT2D eigenvalue weighted by molar-refractivity contribution is 6.10. The van der Waals surface area contributed by atoms with Gasteiger partial charge in [-0.05, 0) is 42.5 Å². The molecule has 0 saturated heterocycles. The Morgan fingerprint density at radius 1 is 1.12 bits per heavy atom. The molecule has 0 aromatic heterocycles. The molecule has 1 N–H and O–H groups in total. The van der Waals surface area contributed by atoms with Crippen LogP contribution in [0.25, 0.3) is 0 Å². The van der Waals surface area contributed by atoms with Gasteiger partial charge >= 0.3 is 0 Å². The van der Waals surface area contributed by atoms with Crippen LogP contribution in [0.4, 0.5) is 4.39 Å². The predicted molar refractivity (Wildman–Crippen MR) is 60.2 cm³/mol. The number of hydrogen-bond acceptors (Lipinski definition) is 2. The van der Waals surface area contributed by atoms with Crippen LogP contribution in [-0.4, -0.2) is 5.78 Å². The Bertz CT molecular complexity index is 483. The number of nitrogens with one attached hydrogen (secondary N) is 1. The lowest BCUT2D eigenvalue weighted by Crippen LogP contribution is -2.01. The van der Waals surface area contributed by atoms with Crippen molar-refractivity contribution in [3.63, 3.8) is 0 Å². The first-order chi connectivity index (χ1) is 7.77. The highest BCUT2D eigenvalue weighted by Crippen LogP contribution is 2.11. The Morgan fingerprint density at radius 3 is 2.62 bits per heavy atom. The van der Waals surface area contributed by atoms with Crippen LogP contribution >= 0.6 is 0 Å². The summed E-state index contributed by atoms with van der Waals surface area (Å²) in [5.74, 6) is -0.465. The van der Waals surface area contributed by atoms with E-state index in [-0.39, 0.29) is 11.6 Å². The maximum Gasteiger partial charge on any atom is 0.193 e. The van der Waals surface area contributed by atoms with E-state index in [2.05, 4.69) is 5.32 Å². The molecule has 3 heteroatoms. The van der Waals surface area contributed by atoms with Gasteiger partial charge in [0.25, 0.3) is 0 Å². The number of carbonyl (C=O) groups is 1. The van der Waals surface area contributed by atoms with E-state index in [9.17, 15) is 9.18 Å². The molecule has 1 aromatic rings. The van der Waals surface area contributed by atoms with Crippen LogP contribution in [0.15, 0.2) is 60.5 Å². The number of benzene rings is 1. The lowest BCUT2D eigenvalue weighted by molar-refractivity contribution is 0.103. The van der Waals surface area contributed by atoms with Crippen LogP contribution in [-0.2, 0) is 0 Å². The van der Waals surface area contributed by atoms with Crippen molar-refractivity contribution in [1.29, 1.82) is 0 Å². The van der Waals surface area contributed by atoms with Gasteiger partial charge < -0.3 is 5.32 Å². The molecule has 0 saturated carbocycles. The van der Waals surface area contributed by atoms with Gasteiger partial charge in [0.15, 0.2) is 5.78 Å². The Balaban J connectivity index is 2.28. The molecular weight excluding hydrogens is 205 g/mol. The first-order valence-electron chi connectivity index (χ1n) is 4.87. The minimum absolute atomic E-state index is 0.121. The third-order valence-electron chi connectivity index (χ3n) is 2.20. The number of rotatable bonds is 2. The second-order valence-electron chi connectivity index (χ2n) is 3.32. The van der Waals surface area contributed by atoms with Crippen molar-refractivity contribution in [1.82, 2.24) is 5.32 Å². The molecule has 0 spiro atoms. The lowest BCUT2D eigenvalue weighted by Gasteiger charge is -2.00. The van der Waals surface area contributed by atoms with Gasteiger partial charge in [-0.2, -0.15) is 0 Å². The fourth-order valence-corrected chi connectivity index (χ4v) is 1.38. The Kier molecular flexibility index (Phi) is 2.96. The summed E-state index contributed by atoms with van der Waals surface area (Å²) in [6, 6.07) is 5.52. The third kappa shape index (κ3) is 2.25. The van der Waals surface area contributed by atoms with Crippen molar-refractivity contribution < 1.29 is 9.18 Å². The van der Waals surface area contributed by atoms with E-state index >= 15 is 0 Å². The van der Waals surface area contributed by atoms with Crippen LogP contribution in [0.3, 0.4) is 0 Å². The fraction of sp³-hybridized carbons (Fsp3) is 0. The van der Waals surface area contributed by atoms with Gasteiger partial charge in [0.2, 0.25) is 0 Å². The Hall–Kier alpha value is -2.16. The molecule has 0 radical (unpaired) electrons.